The van der Waals surface area contributed by atoms with Gasteiger partial charge in [0, 0.05) is 17.5 Å². The third-order valence-electron chi connectivity index (χ3n) is 4.11. The molecule has 2 aromatic heterocycles. The van der Waals surface area contributed by atoms with E-state index in [4.69, 9.17) is 4.42 Å². The van der Waals surface area contributed by atoms with Gasteiger partial charge in [-0.15, -0.1) is 10.2 Å². The molecule has 27 heavy (non-hydrogen) atoms. The number of hydrogen-bond donors (Lipinski definition) is 2. The van der Waals surface area contributed by atoms with Gasteiger partial charge in [0.25, 0.3) is 0 Å². The summed E-state index contributed by atoms with van der Waals surface area (Å²) in [6.45, 7) is 3.98. The number of tetrazole rings is 1. The van der Waals surface area contributed by atoms with Gasteiger partial charge in [0.2, 0.25) is 11.7 Å². The van der Waals surface area contributed by atoms with Crippen molar-refractivity contribution in [2.75, 3.05) is 5.32 Å². The van der Waals surface area contributed by atoms with Gasteiger partial charge < -0.3 is 9.73 Å². The van der Waals surface area contributed by atoms with Crippen LogP contribution >= 0.6 is 0 Å². The van der Waals surface area contributed by atoms with Crippen LogP contribution in [0.1, 0.15) is 17.0 Å². The van der Waals surface area contributed by atoms with Gasteiger partial charge >= 0.3 is 0 Å². The number of anilines is 1. The van der Waals surface area contributed by atoms with Crippen LogP contribution in [0.2, 0.25) is 0 Å². The number of benzene rings is 2. The largest absolute Gasteiger partial charge is 0.436 e. The van der Waals surface area contributed by atoms with Crippen LogP contribution in [0.25, 0.3) is 28.1 Å². The molecule has 0 amide bonds. The van der Waals surface area contributed by atoms with E-state index in [9.17, 15) is 5.26 Å². The van der Waals surface area contributed by atoms with Crippen molar-refractivity contribution in [1.29, 1.82) is 5.26 Å². The van der Waals surface area contributed by atoms with E-state index < -0.39 is 0 Å². The lowest BCUT2D eigenvalue weighted by Gasteiger charge is -2.07. The second-order valence-corrected chi connectivity index (χ2v) is 6.07. The van der Waals surface area contributed by atoms with Gasteiger partial charge in [-0.1, -0.05) is 12.1 Å². The molecule has 0 aliphatic carbocycles. The fourth-order valence-electron chi connectivity index (χ4n) is 2.64. The molecule has 0 radical (unpaired) electrons. The average molecular weight is 357 g/mol. The molecule has 0 fully saturated rings. The fourth-order valence-corrected chi connectivity index (χ4v) is 2.64. The van der Waals surface area contributed by atoms with Crippen molar-refractivity contribution >= 4 is 22.4 Å². The molecule has 2 N–H and O–H groups in total. The summed E-state index contributed by atoms with van der Waals surface area (Å²) in [4.78, 5) is 4.55. The SMILES string of the molecule is Cc1ccc2nc(-c3ccc(C)c(NC=C(C#N)c4nn[nH]n4)c3)oc2c1. The first kappa shape index (κ1) is 16.5. The molecule has 0 atom stereocenters. The number of fused-ring (bicyclic) bond motifs is 1. The Balaban J connectivity index is 1.67. The summed E-state index contributed by atoms with van der Waals surface area (Å²) >= 11 is 0. The van der Waals surface area contributed by atoms with Crippen molar-refractivity contribution in [3.8, 4) is 17.5 Å². The van der Waals surface area contributed by atoms with E-state index in [1.807, 2.05) is 56.3 Å². The zero-order valence-corrected chi connectivity index (χ0v) is 14.7. The smallest absolute Gasteiger partial charge is 0.227 e. The number of rotatable bonds is 4. The monoisotopic (exact) mass is 357 g/mol. The van der Waals surface area contributed by atoms with Gasteiger partial charge in [-0.3, -0.25) is 0 Å². The number of nitriles is 1. The molecule has 8 nitrogen and oxygen atoms in total. The summed E-state index contributed by atoms with van der Waals surface area (Å²) in [5.74, 6) is 0.773. The molecule has 4 aromatic rings. The zero-order valence-electron chi connectivity index (χ0n) is 14.7. The molecular weight excluding hydrogens is 342 g/mol. The summed E-state index contributed by atoms with van der Waals surface area (Å²) in [5, 5.41) is 25.8. The van der Waals surface area contributed by atoms with Crippen molar-refractivity contribution in [2.24, 2.45) is 0 Å². The Bertz CT molecular complexity index is 1180. The predicted octanol–water partition coefficient (Wildman–Crippen LogP) is 3.60. The summed E-state index contributed by atoms with van der Waals surface area (Å²) < 4.78 is 5.90. The third kappa shape index (κ3) is 3.26. The Morgan fingerprint density at radius 1 is 1.22 bits per heavy atom. The molecular formula is C19H15N7O. The minimum absolute atomic E-state index is 0.230. The van der Waals surface area contributed by atoms with Crippen LogP contribution in [0.4, 0.5) is 5.69 Å². The number of oxazole rings is 1. The molecule has 4 rings (SSSR count). The maximum Gasteiger partial charge on any atom is 0.227 e. The lowest BCUT2D eigenvalue weighted by atomic mass is 10.1. The van der Waals surface area contributed by atoms with Gasteiger partial charge in [0.15, 0.2) is 5.58 Å². The van der Waals surface area contributed by atoms with Gasteiger partial charge in [0.05, 0.1) is 0 Å². The number of H-pyrrole nitrogens is 1. The van der Waals surface area contributed by atoms with Gasteiger partial charge in [-0.05, 0) is 54.5 Å². The first-order chi connectivity index (χ1) is 13.1. The molecule has 2 aromatic carbocycles. The van der Waals surface area contributed by atoms with Crippen LogP contribution in [-0.4, -0.2) is 25.6 Å². The maximum absolute atomic E-state index is 9.28. The van der Waals surface area contributed by atoms with Crippen molar-refractivity contribution in [3.63, 3.8) is 0 Å². The van der Waals surface area contributed by atoms with Crippen molar-refractivity contribution in [2.45, 2.75) is 13.8 Å². The van der Waals surface area contributed by atoms with Crippen LogP contribution in [0.5, 0.6) is 0 Å². The molecule has 132 valence electrons. The molecule has 8 heteroatoms. The normalized spacial score (nSPS) is 11.5. The molecule has 0 unspecified atom stereocenters. The number of aromatic nitrogens is 5. The van der Waals surface area contributed by atoms with Crippen LogP contribution < -0.4 is 5.32 Å². The van der Waals surface area contributed by atoms with Gasteiger partial charge in [-0.25, -0.2) is 4.98 Å². The number of allylic oxidation sites excluding steroid dienone is 1. The molecule has 0 aliphatic heterocycles. The first-order valence-electron chi connectivity index (χ1n) is 8.23. The van der Waals surface area contributed by atoms with Crippen LogP contribution in [0.3, 0.4) is 0 Å². The zero-order chi connectivity index (χ0) is 18.8. The van der Waals surface area contributed by atoms with E-state index in [1.165, 1.54) is 0 Å². The lowest BCUT2D eigenvalue weighted by Crippen LogP contribution is -1.95. The summed E-state index contributed by atoms with van der Waals surface area (Å²) in [5.41, 5.74) is 5.62. The Hall–Kier alpha value is -3.99. The number of aromatic amines is 1. The molecule has 0 saturated heterocycles. The Morgan fingerprint density at radius 3 is 2.89 bits per heavy atom. The molecule has 2 heterocycles. The predicted molar refractivity (Wildman–Crippen MR) is 100 cm³/mol. The number of nitrogens with one attached hydrogen (secondary N) is 2. The maximum atomic E-state index is 9.28. The quantitative estimate of drug-likeness (QED) is 0.536. The van der Waals surface area contributed by atoms with Gasteiger partial charge in [-0.2, -0.15) is 10.5 Å². The highest BCUT2D eigenvalue weighted by Gasteiger charge is 2.11. The van der Waals surface area contributed by atoms with Crippen LogP contribution in [0.15, 0.2) is 47.0 Å². The number of hydrogen-bond acceptors (Lipinski definition) is 7. The minimum atomic E-state index is 0.230. The van der Waals surface area contributed by atoms with Crippen molar-refractivity contribution in [3.05, 3.63) is 59.5 Å². The minimum Gasteiger partial charge on any atom is -0.436 e. The lowest BCUT2D eigenvalue weighted by molar-refractivity contribution is 0.619. The Morgan fingerprint density at radius 2 is 2.11 bits per heavy atom. The third-order valence-corrected chi connectivity index (χ3v) is 4.11. The number of nitrogens with zero attached hydrogens (tertiary/aromatic N) is 5. The van der Waals surface area contributed by atoms with Crippen LogP contribution in [0, 0.1) is 25.2 Å². The highest BCUT2D eigenvalue weighted by Crippen LogP contribution is 2.28. The summed E-state index contributed by atoms with van der Waals surface area (Å²) in [6, 6.07) is 13.8. The second kappa shape index (κ2) is 6.72. The summed E-state index contributed by atoms with van der Waals surface area (Å²) in [6.07, 6.45) is 1.55. The van der Waals surface area contributed by atoms with Crippen molar-refractivity contribution < 1.29 is 4.42 Å². The topological polar surface area (TPSA) is 116 Å². The summed E-state index contributed by atoms with van der Waals surface area (Å²) in [7, 11) is 0. The Kier molecular flexibility index (Phi) is 4.10. The second-order valence-electron chi connectivity index (χ2n) is 6.07. The van der Waals surface area contributed by atoms with E-state index >= 15 is 0 Å². The highest BCUT2D eigenvalue weighted by molar-refractivity contribution is 5.78. The van der Waals surface area contributed by atoms with Gasteiger partial charge in [0.1, 0.15) is 17.2 Å². The number of aryl methyl sites for hydroxylation is 2. The molecule has 0 aliphatic rings. The molecule has 0 bridgehead atoms. The molecule has 0 spiro atoms. The standard InChI is InChI=1S/C19H15N7O/c1-11-3-6-15-17(7-11)27-19(22-15)13-5-4-12(2)16(8-13)21-10-14(9-20)18-23-25-26-24-18/h3-8,10,21H,1-2H3,(H,23,24,25,26). The fraction of sp³-hybridized carbons (Fsp3) is 0.105. The highest BCUT2D eigenvalue weighted by atomic mass is 16.3. The van der Waals surface area contributed by atoms with E-state index in [2.05, 4.69) is 30.9 Å². The van der Waals surface area contributed by atoms with E-state index in [-0.39, 0.29) is 11.4 Å². The van der Waals surface area contributed by atoms with Crippen LogP contribution in [-0.2, 0) is 0 Å². The van der Waals surface area contributed by atoms with E-state index in [0.717, 1.165) is 33.5 Å². The average Bonchev–Trinajstić information content (AvgIpc) is 3.33. The molecule has 0 saturated carbocycles. The van der Waals surface area contributed by atoms with Crippen molar-refractivity contribution in [1.82, 2.24) is 25.6 Å². The first-order valence-corrected chi connectivity index (χ1v) is 8.23. The van der Waals surface area contributed by atoms with E-state index in [1.54, 1.807) is 6.20 Å². The van der Waals surface area contributed by atoms with E-state index in [0.29, 0.717) is 5.89 Å². The Labute approximate surface area is 154 Å².